The minimum absolute atomic E-state index is 0.0324. The van der Waals surface area contributed by atoms with E-state index in [1.54, 1.807) is 5.38 Å². The fourth-order valence-corrected chi connectivity index (χ4v) is 2.30. The number of hydrogen-bond acceptors (Lipinski definition) is 3. The first-order valence-corrected chi connectivity index (χ1v) is 4.90. The van der Waals surface area contributed by atoms with Crippen LogP contribution in [0.3, 0.4) is 0 Å². The minimum atomic E-state index is -0.130. The Labute approximate surface area is 74.6 Å². The molecule has 1 atom stereocenters. The van der Waals surface area contributed by atoms with Crippen molar-refractivity contribution < 1.29 is 4.39 Å². The largest absolute Gasteiger partial charge is 0.271 e. The van der Waals surface area contributed by atoms with Crippen LogP contribution in [0.1, 0.15) is 23.8 Å². The molecule has 4 heteroatoms. The van der Waals surface area contributed by atoms with Crippen LogP contribution in [0.2, 0.25) is 0 Å². The lowest BCUT2D eigenvalue weighted by Gasteiger charge is -2.12. The first-order chi connectivity index (χ1) is 5.83. The Kier molecular flexibility index (Phi) is 2.12. The molecule has 1 aromatic rings. The first-order valence-electron chi connectivity index (χ1n) is 4.02. The third-order valence-electron chi connectivity index (χ3n) is 2.20. The van der Waals surface area contributed by atoms with Crippen molar-refractivity contribution in [2.75, 3.05) is 0 Å². The Balaban J connectivity index is 2.20. The molecule has 12 heavy (non-hydrogen) atoms. The Morgan fingerprint density at radius 1 is 1.67 bits per heavy atom. The number of hydrogen-bond donors (Lipinski definition) is 2. The third-order valence-corrected chi connectivity index (χ3v) is 3.18. The van der Waals surface area contributed by atoms with Crippen molar-refractivity contribution in [3.8, 4) is 0 Å². The van der Waals surface area contributed by atoms with Crippen molar-refractivity contribution in [1.29, 1.82) is 0 Å². The standard InChI is InChI=1S/C8H11FN2S/c9-6-3-4-12-8(6)7(11-10)5-1-2-5/h3-5,7,11H,1-2,10H2. The van der Waals surface area contributed by atoms with Gasteiger partial charge in [0.25, 0.3) is 0 Å². The summed E-state index contributed by atoms with van der Waals surface area (Å²) in [5, 5.41) is 1.76. The maximum atomic E-state index is 13.1. The van der Waals surface area contributed by atoms with E-state index in [9.17, 15) is 4.39 Å². The molecule has 0 aliphatic heterocycles. The number of nitrogens with one attached hydrogen (secondary N) is 1. The minimum Gasteiger partial charge on any atom is -0.271 e. The highest BCUT2D eigenvalue weighted by atomic mass is 32.1. The summed E-state index contributed by atoms with van der Waals surface area (Å²) < 4.78 is 13.1. The van der Waals surface area contributed by atoms with E-state index in [0.29, 0.717) is 5.92 Å². The first kappa shape index (κ1) is 8.16. The summed E-state index contributed by atoms with van der Waals surface area (Å²) in [6.45, 7) is 0. The van der Waals surface area contributed by atoms with E-state index >= 15 is 0 Å². The molecule has 66 valence electrons. The molecule has 0 bridgehead atoms. The average Bonchev–Trinajstić information content (AvgIpc) is 2.80. The van der Waals surface area contributed by atoms with Crippen LogP contribution in [0.15, 0.2) is 11.4 Å². The van der Waals surface area contributed by atoms with Crippen LogP contribution in [0, 0.1) is 11.7 Å². The number of rotatable bonds is 3. The van der Waals surface area contributed by atoms with E-state index in [4.69, 9.17) is 5.84 Å². The fraction of sp³-hybridized carbons (Fsp3) is 0.500. The van der Waals surface area contributed by atoms with Crippen molar-refractivity contribution >= 4 is 11.3 Å². The highest BCUT2D eigenvalue weighted by Crippen LogP contribution is 2.42. The molecular formula is C8H11FN2S. The lowest BCUT2D eigenvalue weighted by atomic mass is 10.1. The van der Waals surface area contributed by atoms with Gasteiger partial charge in [0, 0.05) is 0 Å². The third kappa shape index (κ3) is 1.37. The fourth-order valence-electron chi connectivity index (χ4n) is 1.38. The van der Waals surface area contributed by atoms with Gasteiger partial charge in [0.2, 0.25) is 0 Å². The van der Waals surface area contributed by atoms with Crippen LogP contribution in [0.5, 0.6) is 0 Å². The Morgan fingerprint density at radius 2 is 2.42 bits per heavy atom. The van der Waals surface area contributed by atoms with Crippen molar-refractivity contribution in [2.45, 2.75) is 18.9 Å². The second kappa shape index (κ2) is 3.12. The predicted octanol–water partition coefficient (Wildman–Crippen LogP) is 1.80. The highest BCUT2D eigenvalue weighted by molar-refractivity contribution is 7.10. The van der Waals surface area contributed by atoms with E-state index in [1.807, 2.05) is 0 Å². The second-order valence-corrected chi connectivity index (χ2v) is 4.06. The van der Waals surface area contributed by atoms with Gasteiger partial charge in [-0.15, -0.1) is 11.3 Å². The maximum absolute atomic E-state index is 13.1. The van der Waals surface area contributed by atoms with Gasteiger partial charge < -0.3 is 0 Å². The van der Waals surface area contributed by atoms with E-state index in [2.05, 4.69) is 5.43 Å². The molecular weight excluding hydrogens is 175 g/mol. The highest BCUT2D eigenvalue weighted by Gasteiger charge is 2.33. The van der Waals surface area contributed by atoms with Gasteiger partial charge in [-0.2, -0.15) is 0 Å². The Morgan fingerprint density at radius 3 is 2.83 bits per heavy atom. The van der Waals surface area contributed by atoms with Crippen LogP contribution < -0.4 is 11.3 Å². The van der Waals surface area contributed by atoms with Gasteiger partial charge in [0.15, 0.2) is 0 Å². The van der Waals surface area contributed by atoms with Crippen molar-refractivity contribution in [2.24, 2.45) is 11.8 Å². The quantitative estimate of drug-likeness (QED) is 0.558. The van der Waals surface area contributed by atoms with Gasteiger partial charge in [-0.25, -0.2) is 4.39 Å². The summed E-state index contributed by atoms with van der Waals surface area (Å²) in [4.78, 5) is 0.750. The summed E-state index contributed by atoms with van der Waals surface area (Å²) in [5.41, 5.74) is 2.68. The van der Waals surface area contributed by atoms with Gasteiger partial charge in [0.05, 0.1) is 10.9 Å². The van der Waals surface area contributed by atoms with Crippen LogP contribution in [-0.4, -0.2) is 0 Å². The SMILES string of the molecule is NNC(c1sccc1F)C1CC1. The lowest BCUT2D eigenvalue weighted by molar-refractivity contribution is 0.479. The molecule has 3 N–H and O–H groups in total. The average molecular weight is 186 g/mol. The topological polar surface area (TPSA) is 38.0 Å². The zero-order valence-corrected chi connectivity index (χ0v) is 7.40. The molecule has 1 heterocycles. The van der Waals surface area contributed by atoms with E-state index in [1.165, 1.54) is 17.4 Å². The monoisotopic (exact) mass is 186 g/mol. The van der Waals surface area contributed by atoms with Crippen LogP contribution in [-0.2, 0) is 0 Å². The zero-order valence-electron chi connectivity index (χ0n) is 6.59. The molecule has 2 nitrogen and oxygen atoms in total. The molecule has 0 amide bonds. The molecule has 1 aliphatic carbocycles. The molecule has 1 saturated carbocycles. The molecule has 1 aliphatic rings. The molecule has 2 rings (SSSR count). The van der Waals surface area contributed by atoms with E-state index in [-0.39, 0.29) is 11.9 Å². The Hall–Kier alpha value is -0.450. The molecule has 0 spiro atoms. The van der Waals surface area contributed by atoms with E-state index in [0.717, 1.165) is 17.7 Å². The lowest BCUT2D eigenvalue weighted by Crippen LogP contribution is -2.29. The molecule has 0 saturated heterocycles. The smallest absolute Gasteiger partial charge is 0.138 e. The predicted molar refractivity (Wildman–Crippen MR) is 47.1 cm³/mol. The van der Waals surface area contributed by atoms with Crippen molar-refractivity contribution in [3.05, 3.63) is 22.1 Å². The summed E-state index contributed by atoms with van der Waals surface area (Å²) in [5.74, 6) is 5.78. The summed E-state index contributed by atoms with van der Waals surface area (Å²) in [6.07, 6.45) is 2.32. The van der Waals surface area contributed by atoms with Crippen LogP contribution in [0.4, 0.5) is 4.39 Å². The normalized spacial score (nSPS) is 19.5. The second-order valence-electron chi connectivity index (χ2n) is 3.11. The number of thiophene rings is 1. The van der Waals surface area contributed by atoms with Gasteiger partial charge in [-0.1, -0.05) is 0 Å². The summed E-state index contributed by atoms with van der Waals surface area (Å²) in [7, 11) is 0. The number of hydrazine groups is 1. The van der Waals surface area contributed by atoms with Gasteiger partial charge in [-0.05, 0) is 30.2 Å². The summed E-state index contributed by atoms with van der Waals surface area (Å²) in [6, 6.07) is 1.53. The number of halogens is 1. The maximum Gasteiger partial charge on any atom is 0.138 e. The van der Waals surface area contributed by atoms with Gasteiger partial charge in [0.1, 0.15) is 5.82 Å². The van der Waals surface area contributed by atoms with Gasteiger partial charge >= 0.3 is 0 Å². The molecule has 1 fully saturated rings. The summed E-state index contributed by atoms with van der Waals surface area (Å²) >= 11 is 1.43. The van der Waals surface area contributed by atoms with Crippen molar-refractivity contribution in [3.63, 3.8) is 0 Å². The molecule has 1 aromatic heterocycles. The Bertz CT molecular complexity index is 270. The molecule has 0 radical (unpaired) electrons. The van der Waals surface area contributed by atoms with E-state index < -0.39 is 0 Å². The van der Waals surface area contributed by atoms with Crippen LogP contribution in [0.25, 0.3) is 0 Å². The van der Waals surface area contributed by atoms with Crippen LogP contribution >= 0.6 is 11.3 Å². The molecule has 1 unspecified atom stereocenters. The molecule has 0 aromatic carbocycles. The zero-order chi connectivity index (χ0) is 8.55. The van der Waals surface area contributed by atoms with Gasteiger partial charge in [-0.3, -0.25) is 11.3 Å². The van der Waals surface area contributed by atoms with Crippen molar-refractivity contribution in [1.82, 2.24) is 5.43 Å². The number of nitrogens with two attached hydrogens (primary N) is 1.